The molecular formula is C16H21NO3. The minimum Gasteiger partial charge on any atom is -0.444 e. The fourth-order valence-corrected chi connectivity index (χ4v) is 1.39. The van der Waals surface area contributed by atoms with E-state index in [0.717, 1.165) is 5.56 Å². The maximum atomic E-state index is 11.6. The first-order valence-corrected chi connectivity index (χ1v) is 6.57. The minimum atomic E-state index is -0.515. The Labute approximate surface area is 120 Å². The van der Waals surface area contributed by atoms with Crippen molar-refractivity contribution in [3.05, 3.63) is 29.8 Å². The third-order valence-electron chi connectivity index (χ3n) is 2.12. The second kappa shape index (κ2) is 7.56. The molecule has 0 bridgehead atoms. The van der Waals surface area contributed by atoms with Crippen LogP contribution in [0.1, 0.15) is 33.3 Å². The van der Waals surface area contributed by atoms with Gasteiger partial charge < -0.3 is 9.47 Å². The van der Waals surface area contributed by atoms with Gasteiger partial charge >= 0.3 is 6.09 Å². The van der Waals surface area contributed by atoms with Crippen LogP contribution in [0, 0.1) is 11.8 Å². The van der Waals surface area contributed by atoms with Gasteiger partial charge in [0, 0.05) is 17.9 Å². The van der Waals surface area contributed by atoms with Crippen LogP contribution in [0.2, 0.25) is 0 Å². The van der Waals surface area contributed by atoms with Crippen LogP contribution in [0.25, 0.3) is 0 Å². The van der Waals surface area contributed by atoms with E-state index < -0.39 is 11.7 Å². The second-order valence-corrected chi connectivity index (χ2v) is 5.15. The van der Waals surface area contributed by atoms with Gasteiger partial charge in [0.2, 0.25) is 0 Å². The highest BCUT2D eigenvalue weighted by atomic mass is 16.6. The number of carbonyl (C=O) groups is 1. The van der Waals surface area contributed by atoms with Crippen LogP contribution >= 0.6 is 0 Å². The summed E-state index contributed by atoms with van der Waals surface area (Å²) in [6, 6.07) is 7.29. The van der Waals surface area contributed by atoms with E-state index >= 15 is 0 Å². The first-order valence-electron chi connectivity index (χ1n) is 6.57. The third kappa shape index (κ3) is 6.81. The normalized spacial score (nSPS) is 10.4. The van der Waals surface area contributed by atoms with Crippen molar-refractivity contribution < 1.29 is 14.3 Å². The van der Waals surface area contributed by atoms with Gasteiger partial charge in [-0.3, -0.25) is 5.32 Å². The van der Waals surface area contributed by atoms with Gasteiger partial charge in [0.1, 0.15) is 12.2 Å². The monoisotopic (exact) mass is 275 g/mol. The zero-order valence-corrected chi connectivity index (χ0v) is 12.4. The van der Waals surface area contributed by atoms with E-state index in [4.69, 9.17) is 9.47 Å². The molecule has 0 fully saturated rings. The molecule has 0 aliphatic carbocycles. The molecule has 0 heterocycles. The fraction of sp³-hybridized carbons (Fsp3) is 0.438. The Hall–Kier alpha value is -1.99. The van der Waals surface area contributed by atoms with E-state index in [1.807, 2.05) is 39.8 Å². The van der Waals surface area contributed by atoms with E-state index in [-0.39, 0.29) is 0 Å². The van der Waals surface area contributed by atoms with Crippen molar-refractivity contribution >= 4 is 11.8 Å². The van der Waals surface area contributed by atoms with Crippen molar-refractivity contribution in [2.75, 3.05) is 18.5 Å². The molecule has 1 aromatic rings. The number of nitrogens with one attached hydrogen (secondary N) is 1. The van der Waals surface area contributed by atoms with E-state index in [2.05, 4.69) is 17.2 Å². The summed E-state index contributed by atoms with van der Waals surface area (Å²) < 4.78 is 10.3. The lowest BCUT2D eigenvalue weighted by Crippen LogP contribution is -2.27. The van der Waals surface area contributed by atoms with E-state index in [1.54, 1.807) is 12.1 Å². The molecular weight excluding hydrogens is 254 g/mol. The number of hydrogen-bond acceptors (Lipinski definition) is 3. The maximum Gasteiger partial charge on any atom is 0.412 e. The van der Waals surface area contributed by atoms with Crippen LogP contribution in [0.3, 0.4) is 0 Å². The third-order valence-corrected chi connectivity index (χ3v) is 2.12. The Kier molecular flexibility index (Phi) is 6.08. The van der Waals surface area contributed by atoms with Crippen molar-refractivity contribution in [2.24, 2.45) is 0 Å². The molecule has 0 aromatic heterocycles. The lowest BCUT2D eigenvalue weighted by Gasteiger charge is -2.19. The molecule has 0 atom stereocenters. The van der Waals surface area contributed by atoms with Gasteiger partial charge in [-0.2, -0.15) is 0 Å². The van der Waals surface area contributed by atoms with Crippen molar-refractivity contribution in [1.82, 2.24) is 0 Å². The first-order chi connectivity index (χ1) is 9.40. The number of amides is 1. The van der Waals surface area contributed by atoms with Gasteiger partial charge in [0.05, 0.1) is 0 Å². The molecule has 1 rings (SSSR count). The molecule has 4 heteroatoms. The zero-order chi connectivity index (χ0) is 15.0. The smallest absolute Gasteiger partial charge is 0.412 e. The second-order valence-electron chi connectivity index (χ2n) is 5.15. The van der Waals surface area contributed by atoms with Crippen LogP contribution in [-0.4, -0.2) is 24.9 Å². The molecule has 1 aromatic carbocycles. The predicted octanol–water partition coefficient (Wildman–Crippen LogP) is 3.42. The van der Waals surface area contributed by atoms with Gasteiger partial charge in [-0.25, -0.2) is 4.79 Å². The highest BCUT2D eigenvalue weighted by Crippen LogP contribution is 2.13. The molecule has 0 saturated carbocycles. The highest BCUT2D eigenvalue weighted by molar-refractivity contribution is 5.85. The van der Waals surface area contributed by atoms with E-state index in [9.17, 15) is 4.79 Å². The number of carbonyl (C=O) groups excluding carboxylic acids is 1. The Balaban J connectivity index is 2.63. The van der Waals surface area contributed by atoms with Gasteiger partial charge in [-0.15, -0.1) is 0 Å². The Morgan fingerprint density at radius 2 is 2.10 bits per heavy atom. The van der Waals surface area contributed by atoms with Gasteiger partial charge in [-0.1, -0.05) is 17.9 Å². The van der Waals surface area contributed by atoms with E-state index in [1.165, 1.54) is 0 Å². The lowest BCUT2D eigenvalue weighted by molar-refractivity contribution is 0.0636. The Bertz CT molecular complexity index is 506. The molecule has 4 nitrogen and oxygen atoms in total. The summed E-state index contributed by atoms with van der Waals surface area (Å²) >= 11 is 0. The number of ether oxygens (including phenoxy) is 2. The maximum absolute atomic E-state index is 11.6. The highest BCUT2D eigenvalue weighted by Gasteiger charge is 2.16. The average molecular weight is 275 g/mol. The standard InChI is InChI=1S/C16H21NO3/c1-5-19-11-7-9-13-8-6-10-14(12-13)17-15(18)20-16(2,3)4/h6,8,10,12H,5,11H2,1-4H3,(H,17,18). The summed E-state index contributed by atoms with van der Waals surface area (Å²) in [6.45, 7) is 8.44. The summed E-state index contributed by atoms with van der Waals surface area (Å²) in [5.74, 6) is 5.88. The van der Waals surface area contributed by atoms with Crippen molar-refractivity contribution in [3.63, 3.8) is 0 Å². The largest absolute Gasteiger partial charge is 0.444 e. The Morgan fingerprint density at radius 3 is 2.75 bits per heavy atom. The molecule has 1 N–H and O–H groups in total. The van der Waals surface area contributed by atoms with Crippen LogP contribution in [0.15, 0.2) is 24.3 Å². The van der Waals surface area contributed by atoms with Crippen LogP contribution in [0.5, 0.6) is 0 Å². The lowest BCUT2D eigenvalue weighted by atomic mass is 10.2. The van der Waals surface area contributed by atoms with Crippen molar-refractivity contribution in [1.29, 1.82) is 0 Å². The number of anilines is 1. The minimum absolute atomic E-state index is 0.403. The zero-order valence-electron chi connectivity index (χ0n) is 12.4. The summed E-state index contributed by atoms with van der Waals surface area (Å²) in [5, 5.41) is 2.68. The molecule has 108 valence electrons. The SMILES string of the molecule is CCOCC#Cc1cccc(NC(=O)OC(C)(C)C)c1. The fourth-order valence-electron chi connectivity index (χ4n) is 1.39. The molecule has 1 amide bonds. The summed E-state index contributed by atoms with van der Waals surface area (Å²) in [7, 11) is 0. The summed E-state index contributed by atoms with van der Waals surface area (Å²) in [6.07, 6.45) is -0.475. The number of rotatable bonds is 3. The molecule has 0 aliphatic rings. The van der Waals surface area contributed by atoms with E-state index in [0.29, 0.717) is 18.9 Å². The predicted molar refractivity (Wildman–Crippen MR) is 79.7 cm³/mol. The first kappa shape index (κ1) is 16.1. The molecule has 0 spiro atoms. The van der Waals surface area contributed by atoms with Crippen molar-refractivity contribution in [3.8, 4) is 11.8 Å². The van der Waals surface area contributed by atoms with Crippen molar-refractivity contribution in [2.45, 2.75) is 33.3 Å². The topological polar surface area (TPSA) is 47.6 Å². The van der Waals surface area contributed by atoms with Gasteiger partial charge in [-0.05, 0) is 45.9 Å². The van der Waals surface area contributed by atoms with Gasteiger partial charge in [0.15, 0.2) is 0 Å². The van der Waals surface area contributed by atoms with Crippen LogP contribution in [0.4, 0.5) is 10.5 Å². The molecule has 0 unspecified atom stereocenters. The van der Waals surface area contributed by atoms with Crippen LogP contribution in [-0.2, 0) is 9.47 Å². The Morgan fingerprint density at radius 1 is 1.35 bits per heavy atom. The van der Waals surface area contributed by atoms with Gasteiger partial charge in [0.25, 0.3) is 0 Å². The molecule has 0 saturated heterocycles. The molecule has 0 radical (unpaired) electrons. The molecule has 0 aliphatic heterocycles. The molecule has 20 heavy (non-hydrogen) atoms. The summed E-state index contributed by atoms with van der Waals surface area (Å²) in [5.41, 5.74) is 0.958. The quantitative estimate of drug-likeness (QED) is 0.679. The summed E-state index contributed by atoms with van der Waals surface area (Å²) in [4.78, 5) is 11.6. The average Bonchev–Trinajstić information content (AvgIpc) is 2.32. The number of hydrogen-bond donors (Lipinski definition) is 1. The van der Waals surface area contributed by atoms with Crippen LogP contribution < -0.4 is 5.32 Å². The number of benzene rings is 1.